The van der Waals surface area contributed by atoms with Crippen LogP contribution in [0.3, 0.4) is 0 Å². The standard InChI is InChI=1S/C13H15FN2/c14-11-6-5-10-9-16-7-3-1-2-4-13(16)15-12(10)8-11/h5-6,8H,1-4,7,9H2. The van der Waals surface area contributed by atoms with Crippen LogP contribution >= 0.6 is 0 Å². The quantitative estimate of drug-likeness (QED) is 0.652. The van der Waals surface area contributed by atoms with E-state index in [1.165, 1.54) is 25.3 Å². The van der Waals surface area contributed by atoms with Crippen molar-refractivity contribution in [1.82, 2.24) is 4.90 Å². The predicted molar refractivity (Wildman–Crippen MR) is 62.4 cm³/mol. The maximum atomic E-state index is 13.1. The molecule has 84 valence electrons. The van der Waals surface area contributed by atoms with E-state index in [1.54, 1.807) is 6.07 Å². The van der Waals surface area contributed by atoms with Crippen molar-refractivity contribution < 1.29 is 4.39 Å². The van der Waals surface area contributed by atoms with Crippen molar-refractivity contribution in [2.24, 2.45) is 4.99 Å². The number of aliphatic imine (C=N–C) groups is 1. The summed E-state index contributed by atoms with van der Waals surface area (Å²) in [5, 5.41) is 0. The number of hydrogen-bond acceptors (Lipinski definition) is 2. The van der Waals surface area contributed by atoms with Gasteiger partial charge in [0.2, 0.25) is 0 Å². The van der Waals surface area contributed by atoms with E-state index in [-0.39, 0.29) is 5.82 Å². The fraction of sp³-hybridized carbons (Fsp3) is 0.462. The minimum atomic E-state index is -0.190. The molecule has 1 aromatic rings. The molecule has 0 aliphatic carbocycles. The van der Waals surface area contributed by atoms with E-state index >= 15 is 0 Å². The lowest BCUT2D eigenvalue weighted by Gasteiger charge is -2.28. The molecule has 0 amide bonds. The van der Waals surface area contributed by atoms with Gasteiger partial charge in [-0.05, 0) is 30.5 Å². The van der Waals surface area contributed by atoms with E-state index in [2.05, 4.69) is 9.89 Å². The third-order valence-corrected chi connectivity index (χ3v) is 3.35. The van der Waals surface area contributed by atoms with Crippen molar-refractivity contribution in [3.05, 3.63) is 29.6 Å². The second-order valence-electron chi connectivity index (χ2n) is 4.53. The van der Waals surface area contributed by atoms with Crippen LogP contribution in [0.1, 0.15) is 31.2 Å². The van der Waals surface area contributed by atoms with E-state index in [9.17, 15) is 4.39 Å². The Bertz CT molecular complexity index is 440. The van der Waals surface area contributed by atoms with Crippen molar-refractivity contribution in [3.63, 3.8) is 0 Å². The first-order valence-corrected chi connectivity index (χ1v) is 5.94. The van der Waals surface area contributed by atoms with Crippen LogP contribution < -0.4 is 0 Å². The van der Waals surface area contributed by atoms with Crippen LogP contribution in [0, 0.1) is 5.82 Å². The summed E-state index contributed by atoms with van der Waals surface area (Å²) in [5.41, 5.74) is 1.97. The molecule has 2 heterocycles. The summed E-state index contributed by atoms with van der Waals surface area (Å²) in [6, 6.07) is 4.93. The molecule has 0 saturated carbocycles. The summed E-state index contributed by atoms with van der Waals surface area (Å²) >= 11 is 0. The molecule has 3 rings (SSSR count). The van der Waals surface area contributed by atoms with Crippen molar-refractivity contribution in [1.29, 1.82) is 0 Å². The number of halogens is 1. The average Bonchev–Trinajstić information content (AvgIpc) is 2.50. The van der Waals surface area contributed by atoms with Gasteiger partial charge in [0.15, 0.2) is 0 Å². The Kier molecular flexibility index (Phi) is 2.39. The van der Waals surface area contributed by atoms with E-state index in [0.29, 0.717) is 0 Å². The molecule has 1 aromatic carbocycles. The van der Waals surface area contributed by atoms with Crippen LogP contribution in [0.2, 0.25) is 0 Å². The largest absolute Gasteiger partial charge is 0.356 e. The molecule has 16 heavy (non-hydrogen) atoms. The van der Waals surface area contributed by atoms with Crippen molar-refractivity contribution >= 4 is 11.5 Å². The summed E-state index contributed by atoms with van der Waals surface area (Å²) in [6.45, 7) is 1.99. The van der Waals surface area contributed by atoms with Crippen LogP contribution in [0.15, 0.2) is 23.2 Å². The lowest BCUT2D eigenvalue weighted by atomic mass is 10.1. The highest BCUT2D eigenvalue weighted by Crippen LogP contribution is 2.29. The Morgan fingerprint density at radius 2 is 2.12 bits per heavy atom. The van der Waals surface area contributed by atoms with Crippen LogP contribution in [0.5, 0.6) is 0 Å². The number of hydrogen-bond donors (Lipinski definition) is 0. The number of fused-ring (bicyclic) bond motifs is 2. The second-order valence-corrected chi connectivity index (χ2v) is 4.53. The molecule has 0 N–H and O–H groups in total. The van der Waals surface area contributed by atoms with Crippen LogP contribution in [-0.4, -0.2) is 17.3 Å². The fourth-order valence-electron chi connectivity index (χ4n) is 2.47. The molecule has 2 nitrogen and oxygen atoms in total. The van der Waals surface area contributed by atoms with Gasteiger partial charge >= 0.3 is 0 Å². The molecule has 3 heteroatoms. The highest BCUT2D eigenvalue weighted by Gasteiger charge is 2.21. The molecular formula is C13H15FN2. The summed E-state index contributed by atoms with van der Waals surface area (Å²) < 4.78 is 13.1. The summed E-state index contributed by atoms with van der Waals surface area (Å²) in [4.78, 5) is 6.93. The summed E-state index contributed by atoms with van der Waals surface area (Å²) in [7, 11) is 0. The van der Waals surface area contributed by atoms with E-state index in [0.717, 1.165) is 36.6 Å². The average molecular weight is 218 g/mol. The van der Waals surface area contributed by atoms with Crippen molar-refractivity contribution in [2.75, 3.05) is 6.54 Å². The first kappa shape index (κ1) is 9.82. The van der Waals surface area contributed by atoms with Gasteiger partial charge in [-0.3, -0.25) is 0 Å². The Labute approximate surface area is 94.8 Å². The molecule has 0 atom stereocenters. The minimum Gasteiger partial charge on any atom is -0.356 e. The number of amidine groups is 1. The Hall–Kier alpha value is -1.38. The van der Waals surface area contributed by atoms with Gasteiger partial charge in [-0.2, -0.15) is 0 Å². The topological polar surface area (TPSA) is 15.6 Å². The first-order valence-electron chi connectivity index (χ1n) is 5.94. The summed E-state index contributed by atoms with van der Waals surface area (Å²) in [5.74, 6) is 0.959. The summed E-state index contributed by atoms with van der Waals surface area (Å²) in [6.07, 6.45) is 4.77. The molecule has 2 aliphatic heterocycles. The highest BCUT2D eigenvalue weighted by molar-refractivity contribution is 5.87. The number of benzene rings is 1. The SMILES string of the molecule is Fc1ccc2c(c1)N=C1CCCCCN1C2. The highest BCUT2D eigenvalue weighted by atomic mass is 19.1. The zero-order valence-corrected chi connectivity index (χ0v) is 9.25. The number of nitrogens with zero attached hydrogens (tertiary/aromatic N) is 2. The van der Waals surface area contributed by atoms with E-state index in [1.807, 2.05) is 6.07 Å². The number of rotatable bonds is 0. The lowest BCUT2D eigenvalue weighted by molar-refractivity contribution is 0.403. The third-order valence-electron chi connectivity index (χ3n) is 3.35. The Morgan fingerprint density at radius 1 is 1.19 bits per heavy atom. The molecule has 0 bridgehead atoms. The zero-order chi connectivity index (χ0) is 11.0. The maximum absolute atomic E-state index is 13.1. The van der Waals surface area contributed by atoms with Crippen molar-refractivity contribution in [3.8, 4) is 0 Å². The lowest BCUT2D eigenvalue weighted by Crippen LogP contribution is -2.32. The second kappa shape index (κ2) is 3.89. The van der Waals surface area contributed by atoms with Gasteiger partial charge in [-0.15, -0.1) is 0 Å². The van der Waals surface area contributed by atoms with Crippen LogP contribution in [0.4, 0.5) is 10.1 Å². The van der Waals surface area contributed by atoms with Crippen LogP contribution in [0.25, 0.3) is 0 Å². The maximum Gasteiger partial charge on any atom is 0.125 e. The molecule has 0 aromatic heterocycles. The Morgan fingerprint density at radius 3 is 3.06 bits per heavy atom. The van der Waals surface area contributed by atoms with Gasteiger partial charge in [0.05, 0.1) is 5.69 Å². The third kappa shape index (κ3) is 1.70. The smallest absolute Gasteiger partial charge is 0.125 e. The zero-order valence-electron chi connectivity index (χ0n) is 9.25. The fourth-order valence-corrected chi connectivity index (χ4v) is 2.47. The van der Waals surface area contributed by atoms with Gasteiger partial charge in [-0.1, -0.05) is 12.5 Å². The van der Waals surface area contributed by atoms with Crippen molar-refractivity contribution in [2.45, 2.75) is 32.2 Å². The molecule has 0 unspecified atom stereocenters. The molecule has 2 aliphatic rings. The van der Waals surface area contributed by atoms with E-state index < -0.39 is 0 Å². The molecule has 1 fully saturated rings. The first-order chi connectivity index (χ1) is 7.83. The molecule has 1 saturated heterocycles. The molecular weight excluding hydrogens is 203 g/mol. The van der Waals surface area contributed by atoms with Crippen LogP contribution in [-0.2, 0) is 6.54 Å². The van der Waals surface area contributed by atoms with E-state index in [4.69, 9.17) is 0 Å². The van der Waals surface area contributed by atoms with Gasteiger partial charge in [0.1, 0.15) is 11.7 Å². The monoisotopic (exact) mass is 218 g/mol. The normalized spacial score (nSPS) is 19.6. The van der Waals surface area contributed by atoms with Gasteiger partial charge < -0.3 is 4.90 Å². The van der Waals surface area contributed by atoms with Gasteiger partial charge in [0, 0.05) is 19.5 Å². The van der Waals surface area contributed by atoms with Gasteiger partial charge in [0.25, 0.3) is 0 Å². The predicted octanol–water partition coefficient (Wildman–Crippen LogP) is 3.25. The minimum absolute atomic E-state index is 0.190. The van der Waals surface area contributed by atoms with Gasteiger partial charge in [-0.25, -0.2) is 9.38 Å². The molecule has 0 radical (unpaired) electrons. The Balaban J connectivity index is 2.00. The molecule has 0 spiro atoms.